The van der Waals surface area contributed by atoms with Crippen molar-refractivity contribution in [3.8, 4) is 0 Å². The van der Waals surface area contributed by atoms with Gasteiger partial charge < -0.3 is 4.90 Å². The summed E-state index contributed by atoms with van der Waals surface area (Å²) in [6.07, 6.45) is 0. The Balaban J connectivity index is 2.10. The van der Waals surface area contributed by atoms with Crippen molar-refractivity contribution in [2.45, 2.75) is 33.2 Å². The molecule has 0 saturated carbocycles. The van der Waals surface area contributed by atoms with E-state index in [2.05, 4.69) is 15.2 Å². The molecule has 0 bridgehead atoms. The van der Waals surface area contributed by atoms with Gasteiger partial charge in [0.25, 0.3) is 5.91 Å². The molecule has 0 saturated heterocycles. The van der Waals surface area contributed by atoms with Crippen molar-refractivity contribution in [3.63, 3.8) is 0 Å². The summed E-state index contributed by atoms with van der Waals surface area (Å²) in [6.45, 7) is 6.60. The number of nitrogens with zero attached hydrogens (tertiary/aromatic N) is 3. The second-order valence-electron chi connectivity index (χ2n) is 5.29. The molecule has 1 aromatic carbocycles. The Hall–Kier alpha value is -2.17. The Morgan fingerprint density at radius 2 is 2.05 bits per heavy atom. The third kappa shape index (κ3) is 3.04. The lowest BCUT2D eigenvalue weighted by Gasteiger charge is -2.16. The van der Waals surface area contributed by atoms with E-state index in [0.29, 0.717) is 6.54 Å². The van der Waals surface area contributed by atoms with E-state index < -0.39 is 0 Å². The molecule has 0 atom stereocenters. The van der Waals surface area contributed by atoms with E-state index in [9.17, 15) is 4.79 Å². The first-order chi connectivity index (χ1) is 9.49. The quantitative estimate of drug-likeness (QED) is 0.930. The predicted octanol–water partition coefficient (Wildman–Crippen LogP) is 2.51. The third-order valence-corrected chi connectivity index (χ3v) is 3.26. The highest BCUT2D eigenvalue weighted by atomic mass is 16.2. The van der Waals surface area contributed by atoms with Crippen molar-refractivity contribution >= 4 is 5.91 Å². The zero-order valence-electron chi connectivity index (χ0n) is 12.3. The topological polar surface area (TPSA) is 61.9 Å². The van der Waals surface area contributed by atoms with Crippen LogP contribution >= 0.6 is 0 Å². The van der Waals surface area contributed by atoms with Gasteiger partial charge in [-0.2, -0.15) is 0 Å². The molecular formula is C15H20N4O. The van der Waals surface area contributed by atoms with E-state index in [-0.39, 0.29) is 17.6 Å². The van der Waals surface area contributed by atoms with Crippen LogP contribution in [0.3, 0.4) is 0 Å². The van der Waals surface area contributed by atoms with Gasteiger partial charge in [-0.3, -0.25) is 9.89 Å². The van der Waals surface area contributed by atoms with Crippen LogP contribution < -0.4 is 0 Å². The maximum absolute atomic E-state index is 12.3. The minimum absolute atomic E-state index is 0.170. The second-order valence-corrected chi connectivity index (χ2v) is 5.29. The lowest BCUT2D eigenvalue weighted by Crippen LogP contribution is -2.27. The van der Waals surface area contributed by atoms with Crippen molar-refractivity contribution in [3.05, 3.63) is 47.0 Å². The summed E-state index contributed by atoms with van der Waals surface area (Å²) < 4.78 is 0. The second kappa shape index (κ2) is 5.86. The summed E-state index contributed by atoms with van der Waals surface area (Å²) in [5.41, 5.74) is 2.30. The highest BCUT2D eigenvalue weighted by Crippen LogP contribution is 2.12. The molecule has 2 rings (SSSR count). The van der Waals surface area contributed by atoms with Gasteiger partial charge in [0, 0.05) is 19.5 Å². The van der Waals surface area contributed by atoms with Crippen LogP contribution in [0.1, 0.15) is 47.3 Å². The van der Waals surface area contributed by atoms with Gasteiger partial charge in [0.05, 0.1) is 0 Å². The Labute approximate surface area is 119 Å². The third-order valence-electron chi connectivity index (χ3n) is 3.26. The molecule has 0 unspecified atom stereocenters. The van der Waals surface area contributed by atoms with Gasteiger partial charge >= 0.3 is 0 Å². The Morgan fingerprint density at radius 3 is 2.65 bits per heavy atom. The molecule has 5 nitrogen and oxygen atoms in total. The van der Waals surface area contributed by atoms with Crippen LogP contribution in [0.2, 0.25) is 0 Å². The number of rotatable bonds is 4. The molecule has 0 fully saturated rings. The van der Waals surface area contributed by atoms with Gasteiger partial charge in [0.1, 0.15) is 5.82 Å². The first-order valence-electron chi connectivity index (χ1n) is 6.71. The molecule has 1 heterocycles. The molecule has 0 aliphatic carbocycles. The molecule has 2 aromatic rings. The highest BCUT2D eigenvalue weighted by molar-refractivity contribution is 5.90. The fourth-order valence-corrected chi connectivity index (χ4v) is 1.91. The van der Waals surface area contributed by atoms with Crippen molar-refractivity contribution in [2.24, 2.45) is 0 Å². The van der Waals surface area contributed by atoms with E-state index >= 15 is 0 Å². The molecule has 0 radical (unpaired) electrons. The van der Waals surface area contributed by atoms with E-state index in [1.165, 1.54) is 5.56 Å². The van der Waals surface area contributed by atoms with E-state index in [1.54, 1.807) is 11.9 Å². The van der Waals surface area contributed by atoms with Gasteiger partial charge in [0.2, 0.25) is 5.82 Å². The largest absolute Gasteiger partial charge is 0.335 e. The summed E-state index contributed by atoms with van der Waals surface area (Å²) in [4.78, 5) is 18.1. The number of hydrogen-bond donors (Lipinski definition) is 1. The molecule has 0 aliphatic rings. The highest BCUT2D eigenvalue weighted by Gasteiger charge is 2.18. The molecule has 5 heteroatoms. The number of carbonyl (C=O) groups excluding carboxylic acids is 1. The predicted molar refractivity (Wildman–Crippen MR) is 77.4 cm³/mol. The summed E-state index contributed by atoms with van der Waals surface area (Å²) >= 11 is 0. The monoisotopic (exact) mass is 272 g/mol. The number of carbonyl (C=O) groups is 1. The average Bonchev–Trinajstić information content (AvgIpc) is 2.90. The number of H-pyrrole nitrogens is 1. The first kappa shape index (κ1) is 14.2. The van der Waals surface area contributed by atoms with Crippen molar-refractivity contribution in [2.75, 3.05) is 7.05 Å². The first-order valence-corrected chi connectivity index (χ1v) is 6.71. The zero-order chi connectivity index (χ0) is 14.7. The van der Waals surface area contributed by atoms with Crippen LogP contribution in [0.25, 0.3) is 0 Å². The fourth-order valence-electron chi connectivity index (χ4n) is 1.91. The number of nitrogens with one attached hydrogen (secondary N) is 1. The van der Waals surface area contributed by atoms with Gasteiger partial charge in [-0.15, -0.1) is 5.10 Å². The van der Waals surface area contributed by atoms with E-state index in [0.717, 1.165) is 11.4 Å². The number of amides is 1. The molecule has 0 aliphatic heterocycles. The van der Waals surface area contributed by atoms with Crippen LogP contribution in [-0.2, 0) is 6.54 Å². The molecule has 1 N–H and O–H groups in total. The number of benzene rings is 1. The maximum atomic E-state index is 12.3. The lowest BCUT2D eigenvalue weighted by molar-refractivity contribution is 0.0773. The smallest absolute Gasteiger partial charge is 0.293 e. The molecular weight excluding hydrogens is 252 g/mol. The molecule has 0 spiro atoms. The van der Waals surface area contributed by atoms with Gasteiger partial charge in [-0.25, -0.2) is 4.98 Å². The van der Waals surface area contributed by atoms with Gasteiger partial charge in [-0.05, 0) is 18.1 Å². The zero-order valence-corrected chi connectivity index (χ0v) is 12.3. The van der Waals surface area contributed by atoms with Crippen LogP contribution in [0, 0.1) is 6.92 Å². The maximum Gasteiger partial charge on any atom is 0.293 e. The number of aryl methyl sites for hydroxylation is 1. The number of aromatic amines is 1. The van der Waals surface area contributed by atoms with E-state index in [1.807, 2.05) is 45.0 Å². The molecule has 1 amide bonds. The summed E-state index contributed by atoms with van der Waals surface area (Å²) in [5, 5.41) is 6.80. The Bertz CT molecular complexity index is 603. The fraction of sp³-hybridized carbons (Fsp3) is 0.400. The molecule has 106 valence electrons. The van der Waals surface area contributed by atoms with Gasteiger partial charge in [-0.1, -0.05) is 38.1 Å². The van der Waals surface area contributed by atoms with Crippen LogP contribution in [0.5, 0.6) is 0 Å². The lowest BCUT2D eigenvalue weighted by atomic mass is 10.1. The average molecular weight is 272 g/mol. The standard InChI is InChI=1S/C15H20N4O/c1-10(2)13-16-14(18-17-13)15(20)19(4)9-12-8-6-5-7-11(12)3/h5-8,10H,9H2,1-4H3,(H,16,17,18). The van der Waals surface area contributed by atoms with Crippen LogP contribution in [-0.4, -0.2) is 33.0 Å². The van der Waals surface area contributed by atoms with Crippen LogP contribution in [0.4, 0.5) is 0 Å². The van der Waals surface area contributed by atoms with Gasteiger partial charge in [0.15, 0.2) is 0 Å². The Kier molecular flexibility index (Phi) is 4.17. The number of aromatic nitrogens is 3. The Morgan fingerprint density at radius 1 is 1.35 bits per heavy atom. The minimum Gasteiger partial charge on any atom is -0.335 e. The normalized spacial score (nSPS) is 10.8. The summed E-state index contributed by atoms with van der Waals surface area (Å²) in [6, 6.07) is 8.03. The van der Waals surface area contributed by atoms with Crippen molar-refractivity contribution < 1.29 is 4.79 Å². The van der Waals surface area contributed by atoms with Crippen LogP contribution in [0.15, 0.2) is 24.3 Å². The van der Waals surface area contributed by atoms with Crippen molar-refractivity contribution in [1.29, 1.82) is 0 Å². The number of hydrogen-bond acceptors (Lipinski definition) is 3. The molecule has 1 aromatic heterocycles. The SMILES string of the molecule is Cc1ccccc1CN(C)C(=O)c1n[nH]c(C(C)C)n1. The minimum atomic E-state index is -0.170. The summed E-state index contributed by atoms with van der Waals surface area (Å²) in [7, 11) is 1.76. The summed E-state index contributed by atoms with van der Waals surface area (Å²) in [5.74, 6) is 1.02. The van der Waals surface area contributed by atoms with E-state index in [4.69, 9.17) is 0 Å². The molecule has 20 heavy (non-hydrogen) atoms. The van der Waals surface area contributed by atoms with Crippen molar-refractivity contribution in [1.82, 2.24) is 20.1 Å².